The predicted octanol–water partition coefficient (Wildman–Crippen LogP) is 3.86. The molecule has 7 nitrogen and oxygen atoms in total. The summed E-state index contributed by atoms with van der Waals surface area (Å²) < 4.78 is 45.6. The van der Waals surface area contributed by atoms with E-state index < -0.39 is 11.9 Å². The summed E-state index contributed by atoms with van der Waals surface area (Å²) in [7, 11) is 0. The standard InChI is InChI=1S/C17H18ClF3N4O.CH2O2/c18-12-3-1-4-13(7-12)24-16-23-9-11(15(25-16)17(19,20)21)8-22-10-14-5-2-6-26-14;2-1-3/h1,3-4,7,9,14,22H,2,5-6,8,10H2,(H,23,24,25);1H,(H,2,3)/t14-;/m1./s1. The van der Waals surface area contributed by atoms with Crippen molar-refractivity contribution in [1.82, 2.24) is 15.3 Å². The van der Waals surface area contributed by atoms with E-state index >= 15 is 0 Å². The topological polar surface area (TPSA) is 96.4 Å². The molecule has 1 atom stereocenters. The van der Waals surface area contributed by atoms with Crippen LogP contribution in [0, 0.1) is 0 Å². The minimum absolute atomic E-state index is 0.00728. The van der Waals surface area contributed by atoms with Crippen molar-refractivity contribution < 1.29 is 27.8 Å². The van der Waals surface area contributed by atoms with Crippen molar-refractivity contribution in [2.24, 2.45) is 0 Å². The Morgan fingerprint density at radius 1 is 1.38 bits per heavy atom. The minimum Gasteiger partial charge on any atom is -0.483 e. The van der Waals surface area contributed by atoms with E-state index in [0.29, 0.717) is 23.9 Å². The van der Waals surface area contributed by atoms with Crippen LogP contribution in [-0.2, 0) is 22.3 Å². The Balaban J connectivity index is 0.000000941. The molecule has 1 aromatic carbocycles. The average molecular weight is 433 g/mol. The Labute approximate surface area is 170 Å². The fourth-order valence-electron chi connectivity index (χ4n) is 2.71. The van der Waals surface area contributed by atoms with Crippen LogP contribution in [0.15, 0.2) is 30.5 Å². The molecule has 1 aliphatic heterocycles. The molecule has 3 rings (SSSR count). The third kappa shape index (κ3) is 7.48. The van der Waals surface area contributed by atoms with E-state index in [1.807, 2.05) is 0 Å². The number of nitrogens with zero attached hydrogens (tertiary/aromatic N) is 2. The van der Waals surface area contributed by atoms with Gasteiger partial charge in [-0.3, -0.25) is 4.79 Å². The lowest BCUT2D eigenvalue weighted by Crippen LogP contribution is -2.27. The lowest BCUT2D eigenvalue weighted by atomic mass is 10.2. The smallest absolute Gasteiger partial charge is 0.433 e. The van der Waals surface area contributed by atoms with Gasteiger partial charge in [-0.2, -0.15) is 13.2 Å². The highest BCUT2D eigenvalue weighted by molar-refractivity contribution is 6.30. The van der Waals surface area contributed by atoms with Crippen LogP contribution >= 0.6 is 11.6 Å². The Morgan fingerprint density at radius 2 is 2.14 bits per heavy atom. The Hall–Kier alpha value is -2.43. The fourth-order valence-corrected chi connectivity index (χ4v) is 2.90. The molecule has 0 spiro atoms. The third-order valence-corrected chi connectivity index (χ3v) is 4.16. The van der Waals surface area contributed by atoms with E-state index in [1.165, 1.54) is 6.20 Å². The van der Waals surface area contributed by atoms with Crippen LogP contribution in [0.5, 0.6) is 0 Å². The van der Waals surface area contributed by atoms with Crippen LogP contribution in [0.3, 0.4) is 0 Å². The zero-order valence-corrected chi connectivity index (χ0v) is 16.0. The van der Waals surface area contributed by atoms with Crippen LogP contribution < -0.4 is 10.6 Å². The SMILES string of the molecule is FC(F)(F)c1nc(Nc2cccc(Cl)c2)ncc1CNC[C@H]1CCCO1.O=CO. The van der Waals surface area contributed by atoms with E-state index in [-0.39, 0.29) is 30.6 Å². The fraction of sp³-hybridized carbons (Fsp3) is 0.389. The number of rotatable bonds is 6. The van der Waals surface area contributed by atoms with Gasteiger partial charge in [-0.05, 0) is 31.0 Å². The second-order valence-electron chi connectivity index (χ2n) is 6.07. The van der Waals surface area contributed by atoms with Gasteiger partial charge in [0.2, 0.25) is 5.95 Å². The number of hydrogen-bond acceptors (Lipinski definition) is 6. The lowest BCUT2D eigenvalue weighted by Gasteiger charge is -2.15. The number of ether oxygens (including phenoxy) is 1. The summed E-state index contributed by atoms with van der Waals surface area (Å²) in [6.07, 6.45) is -1.44. The van der Waals surface area contributed by atoms with Gasteiger partial charge in [0.1, 0.15) is 0 Å². The summed E-state index contributed by atoms with van der Waals surface area (Å²) in [5, 5.41) is 13.1. The summed E-state index contributed by atoms with van der Waals surface area (Å²) in [6.45, 7) is 0.971. The molecule has 11 heteroatoms. The Bertz CT molecular complexity index is 802. The first kappa shape index (κ1) is 22.9. The van der Waals surface area contributed by atoms with E-state index in [1.54, 1.807) is 24.3 Å². The molecule has 29 heavy (non-hydrogen) atoms. The Kier molecular flexibility index (Phi) is 8.62. The molecular formula is C18H20ClF3N4O3. The first-order chi connectivity index (χ1) is 13.8. The zero-order valence-electron chi connectivity index (χ0n) is 15.2. The van der Waals surface area contributed by atoms with Gasteiger partial charge in [-0.25, -0.2) is 9.97 Å². The Morgan fingerprint density at radius 3 is 2.76 bits per heavy atom. The van der Waals surface area contributed by atoms with E-state index in [0.717, 1.165) is 12.8 Å². The minimum atomic E-state index is -4.57. The van der Waals surface area contributed by atoms with Crippen LogP contribution in [0.4, 0.5) is 24.8 Å². The number of benzene rings is 1. The normalized spacial score (nSPS) is 16.1. The largest absolute Gasteiger partial charge is 0.483 e. The second kappa shape index (κ2) is 10.9. The van der Waals surface area contributed by atoms with Crippen molar-refractivity contribution >= 4 is 29.7 Å². The van der Waals surface area contributed by atoms with E-state index in [4.69, 9.17) is 26.2 Å². The van der Waals surface area contributed by atoms with E-state index in [9.17, 15) is 13.2 Å². The number of halogens is 4. The lowest BCUT2D eigenvalue weighted by molar-refractivity contribution is -0.141. The van der Waals surface area contributed by atoms with Gasteiger partial charge >= 0.3 is 6.18 Å². The van der Waals surface area contributed by atoms with Gasteiger partial charge in [0, 0.05) is 42.2 Å². The molecule has 1 fully saturated rings. The van der Waals surface area contributed by atoms with Crippen molar-refractivity contribution in [3.05, 3.63) is 46.7 Å². The third-order valence-electron chi connectivity index (χ3n) is 3.93. The molecule has 0 aliphatic carbocycles. The maximum absolute atomic E-state index is 13.4. The molecule has 0 saturated carbocycles. The molecule has 158 valence electrons. The number of nitrogens with one attached hydrogen (secondary N) is 2. The maximum atomic E-state index is 13.4. The van der Waals surface area contributed by atoms with Crippen molar-refractivity contribution in [2.45, 2.75) is 31.7 Å². The van der Waals surface area contributed by atoms with Crippen LogP contribution in [-0.4, -0.2) is 40.8 Å². The molecule has 2 aromatic rings. The van der Waals surface area contributed by atoms with Crippen molar-refractivity contribution in [2.75, 3.05) is 18.5 Å². The first-order valence-electron chi connectivity index (χ1n) is 8.69. The summed E-state index contributed by atoms with van der Waals surface area (Å²) in [5.41, 5.74) is -0.459. The maximum Gasteiger partial charge on any atom is 0.433 e. The highest BCUT2D eigenvalue weighted by Gasteiger charge is 2.36. The molecular weight excluding hydrogens is 413 g/mol. The van der Waals surface area contributed by atoms with Crippen molar-refractivity contribution in [3.63, 3.8) is 0 Å². The first-order valence-corrected chi connectivity index (χ1v) is 9.07. The van der Waals surface area contributed by atoms with Gasteiger partial charge in [0.25, 0.3) is 6.47 Å². The molecule has 0 radical (unpaired) electrons. The monoisotopic (exact) mass is 432 g/mol. The molecule has 0 bridgehead atoms. The highest BCUT2D eigenvalue weighted by Crippen LogP contribution is 2.31. The van der Waals surface area contributed by atoms with Gasteiger partial charge in [-0.1, -0.05) is 17.7 Å². The molecule has 2 heterocycles. The molecule has 0 unspecified atom stereocenters. The van der Waals surface area contributed by atoms with Crippen LogP contribution in [0.2, 0.25) is 5.02 Å². The second-order valence-corrected chi connectivity index (χ2v) is 6.51. The van der Waals surface area contributed by atoms with Gasteiger partial charge in [-0.15, -0.1) is 0 Å². The molecule has 1 aromatic heterocycles. The number of alkyl halides is 3. The number of aromatic nitrogens is 2. The summed E-state index contributed by atoms with van der Waals surface area (Å²) in [5.74, 6) is -0.137. The van der Waals surface area contributed by atoms with Gasteiger partial charge in [0.05, 0.1) is 6.10 Å². The molecule has 1 saturated heterocycles. The number of carboxylic acid groups (broad SMARTS) is 1. The number of carbonyl (C=O) groups is 1. The molecule has 1 aliphatic rings. The molecule has 3 N–H and O–H groups in total. The van der Waals surface area contributed by atoms with E-state index in [2.05, 4.69) is 20.6 Å². The predicted molar refractivity (Wildman–Crippen MR) is 101 cm³/mol. The van der Waals surface area contributed by atoms with Gasteiger partial charge < -0.3 is 20.5 Å². The van der Waals surface area contributed by atoms with Crippen molar-refractivity contribution in [1.29, 1.82) is 0 Å². The number of hydrogen-bond donors (Lipinski definition) is 3. The van der Waals surface area contributed by atoms with Crippen molar-refractivity contribution in [3.8, 4) is 0 Å². The van der Waals surface area contributed by atoms with Crippen LogP contribution in [0.1, 0.15) is 24.1 Å². The van der Waals surface area contributed by atoms with Gasteiger partial charge in [0.15, 0.2) is 5.69 Å². The summed E-state index contributed by atoms with van der Waals surface area (Å²) >= 11 is 5.87. The summed E-state index contributed by atoms with van der Waals surface area (Å²) in [6, 6.07) is 6.59. The zero-order chi connectivity index (χ0) is 21.3. The summed E-state index contributed by atoms with van der Waals surface area (Å²) in [4.78, 5) is 16.0. The number of anilines is 2. The average Bonchev–Trinajstić information content (AvgIpc) is 3.16. The molecule has 0 amide bonds. The highest BCUT2D eigenvalue weighted by atomic mass is 35.5. The van der Waals surface area contributed by atoms with Crippen LogP contribution in [0.25, 0.3) is 0 Å². The quantitative estimate of drug-likeness (QED) is 0.596.